The molecule has 0 fully saturated rings. The fraction of sp³-hybridized carbons (Fsp3) is 0.273. The average Bonchev–Trinajstić information content (AvgIpc) is 2.62. The fourth-order valence-corrected chi connectivity index (χ4v) is 1.86. The van der Waals surface area contributed by atoms with Crippen LogP contribution in [0.25, 0.3) is 0 Å². The third kappa shape index (κ3) is 1.95. The van der Waals surface area contributed by atoms with Gasteiger partial charge in [-0.25, -0.2) is 4.79 Å². The molecule has 0 amide bonds. The van der Waals surface area contributed by atoms with E-state index in [9.17, 15) is 4.79 Å². The molecule has 1 aliphatic carbocycles. The molecular formula is C11H11N2O2+. The van der Waals surface area contributed by atoms with Crippen LogP contribution in [0, 0.1) is 5.53 Å². The molecule has 0 bridgehead atoms. The highest BCUT2D eigenvalue weighted by Crippen LogP contribution is 2.33. The minimum Gasteiger partial charge on any atom is -0.449 e. The van der Waals surface area contributed by atoms with E-state index < -0.39 is 5.97 Å². The van der Waals surface area contributed by atoms with E-state index in [0.717, 1.165) is 24.6 Å². The predicted octanol–water partition coefficient (Wildman–Crippen LogP) is 1.53. The Morgan fingerprint density at radius 1 is 1.53 bits per heavy atom. The quantitative estimate of drug-likeness (QED) is 0.343. The molecule has 0 aliphatic heterocycles. The standard InChI is InChI=1S/C11H11N2O2/c12-13-7-11(14)15-10-6-5-8-3-1-2-4-9(8)10/h1-4,7,10,12H,5-6H2/q+1. The van der Waals surface area contributed by atoms with E-state index in [1.54, 1.807) is 0 Å². The average molecular weight is 203 g/mol. The van der Waals surface area contributed by atoms with Crippen LogP contribution in [0.2, 0.25) is 0 Å². The van der Waals surface area contributed by atoms with Gasteiger partial charge < -0.3 is 4.74 Å². The second-order valence-corrected chi connectivity index (χ2v) is 3.42. The number of hydrogen-bond acceptors (Lipinski definition) is 3. The van der Waals surface area contributed by atoms with Gasteiger partial charge in [-0.15, -0.1) is 0 Å². The van der Waals surface area contributed by atoms with Gasteiger partial charge >= 0.3 is 12.2 Å². The molecule has 0 spiro atoms. The lowest BCUT2D eigenvalue weighted by atomic mass is 10.1. The third-order valence-corrected chi connectivity index (χ3v) is 2.51. The molecule has 1 aliphatic rings. The second kappa shape index (κ2) is 4.07. The van der Waals surface area contributed by atoms with Crippen LogP contribution in [0.4, 0.5) is 0 Å². The Morgan fingerprint density at radius 2 is 2.33 bits per heavy atom. The maximum atomic E-state index is 11.1. The van der Waals surface area contributed by atoms with Crippen molar-refractivity contribution in [3.05, 3.63) is 35.4 Å². The van der Waals surface area contributed by atoms with Crippen molar-refractivity contribution >= 4 is 12.2 Å². The van der Waals surface area contributed by atoms with Crippen LogP contribution in [0.5, 0.6) is 0 Å². The number of carbonyl (C=O) groups excluding carboxylic acids is 1. The van der Waals surface area contributed by atoms with Crippen molar-refractivity contribution in [1.82, 2.24) is 0 Å². The van der Waals surface area contributed by atoms with Crippen molar-refractivity contribution in [3.63, 3.8) is 0 Å². The van der Waals surface area contributed by atoms with E-state index in [-0.39, 0.29) is 6.10 Å². The molecule has 0 aromatic heterocycles. The Kier molecular flexibility index (Phi) is 2.61. The van der Waals surface area contributed by atoms with Crippen molar-refractivity contribution in [2.45, 2.75) is 18.9 Å². The molecule has 4 nitrogen and oxygen atoms in total. The number of aryl methyl sites for hydroxylation is 1. The highest BCUT2D eigenvalue weighted by molar-refractivity contribution is 6.20. The lowest BCUT2D eigenvalue weighted by Crippen LogP contribution is -2.10. The second-order valence-electron chi connectivity index (χ2n) is 3.42. The molecule has 15 heavy (non-hydrogen) atoms. The molecule has 0 heterocycles. The lowest BCUT2D eigenvalue weighted by molar-refractivity contribution is -0.153. The number of rotatable bonds is 2. The summed E-state index contributed by atoms with van der Waals surface area (Å²) in [6, 6.07) is 7.93. The maximum Gasteiger partial charge on any atom is 0.418 e. The molecule has 0 saturated carbocycles. The van der Waals surface area contributed by atoms with Crippen molar-refractivity contribution in [2.75, 3.05) is 0 Å². The van der Waals surface area contributed by atoms with Crippen LogP contribution in [0.1, 0.15) is 23.7 Å². The smallest absolute Gasteiger partial charge is 0.418 e. The van der Waals surface area contributed by atoms with Crippen LogP contribution >= 0.6 is 0 Å². The molecule has 1 unspecified atom stereocenters. The van der Waals surface area contributed by atoms with Crippen LogP contribution in [0.3, 0.4) is 0 Å². The summed E-state index contributed by atoms with van der Waals surface area (Å²) in [5, 5.41) is 0. The summed E-state index contributed by atoms with van der Waals surface area (Å²) in [5.74, 6) is -0.549. The maximum absolute atomic E-state index is 11.1. The first-order valence-corrected chi connectivity index (χ1v) is 4.79. The number of hydrogen-bond donors (Lipinski definition) is 1. The van der Waals surface area contributed by atoms with E-state index in [2.05, 4.69) is 4.79 Å². The minimum atomic E-state index is -0.549. The number of ether oxygens (including phenoxy) is 1. The number of fused-ring (bicyclic) bond motifs is 1. The van der Waals surface area contributed by atoms with Crippen molar-refractivity contribution < 1.29 is 14.3 Å². The molecular weight excluding hydrogens is 192 g/mol. The first-order chi connectivity index (χ1) is 7.31. The molecule has 2 rings (SSSR count). The molecule has 0 radical (unpaired) electrons. The van der Waals surface area contributed by atoms with Crippen molar-refractivity contribution in [1.29, 1.82) is 5.53 Å². The Labute approximate surface area is 87.1 Å². The van der Waals surface area contributed by atoms with Gasteiger partial charge in [-0.3, -0.25) is 0 Å². The van der Waals surface area contributed by atoms with E-state index in [1.165, 1.54) is 5.56 Å². The number of esters is 1. The monoisotopic (exact) mass is 203 g/mol. The van der Waals surface area contributed by atoms with Gasteiger partial charge in [0.2, 0.25) is 0 Å². The largest absolute Gasteiger partial charge is 0.449 e. The van der Waals surface area contributed by atoms with Gasteiger partial charge in [-0.1, -0.05) is 24.3 Å². The van der Waals surface area contributed by atoms with Gasteiger partial charge in [0, 0.05) is 0 Å². The first-order valence-electron chi connectivity index (χ1n) is 4.79. The van der Waals surface area contributed by atoms with Crippen LogP contribution in [-0.2, 0) is 16.0 Å². The van der Waals surface area contributed by atoms with E-state index in [4.69, 9.17) is 10.3 Å². The van der Waals surface area contributed by atoms with Gasteiger partial charge in [0.1, 0.15) is 6.10 Å². The Morgan fingerprint density at radius 3 is 3.13 bits per heavy atom. The summed E-state index contributed by atoms with van der Waals surface area (Å²) < 4.78 is 5.17. The number of benzene rings is 1. The third-order valence-electron chi connectivity index (χ3n) is 2.51. The van der Waals surface area contributed by atoms with Crippen LogP contribution in [-0.4, -0.2) is 17.0 Å². The van der Waals surface area contributed by atoms with Gasteiger partial charge in [0.15, 0.2) is 0 Å². The van der Waals surface area contributed by atoms with Gasteiger partial charge in [-0.05, 0) is 24.0 Å². The van der Waals surface area contributed by atoms with Gasteiger partial charge in [0.25, 0.3) is 0 Å². The summed E-state index contributed by atoms with van der Waals surface area (Å²) in [4.78, 5) is 14.0. The van der Waals surface area contributed by atoms with E-state index in [1.807, 2.05) is 24.3 Å². The van der Waals surface area contributed by atoms with Crippen LogP contribution < -0.4 is 0 Å². The highest BCUT2D eigenvalue weighted by Gasteiger charge is 2.25. The van der Waals surface area contributed by atoms with Gasteiger partial charge in [0.05, 0.1) is 10.3 Å². The summed E-state index contributed by atoms with van der Waals surface area (Å²) in [6.07, 6.45) is 2.45. The first kappa shape index (κ1) is 9.62. The van der Waals surface area contributed by atoms with Gasteiger partial charge in [-0.2, -0.15) is 0 Å². The topological polar surface area (TPSA) is 64.2 Å². The number of carbonyl (C=O) groups is 1. The molecule has 1 atom stereocenters. The summed E-state index contributed by atoms with van der Waals surface area (Å²) in [6.45, 7) is 0. The number of nitrogens with zero attached hydrogens (tertiary/aromatic N) is 1. The highest BCUT2D eigenvalue weighted by atomic mass is 16.5. The zero-order valence-electron chi connectivity index (χ0n) is 8.14. The molecule has 1 aromatic carbocycles. The summed E-state index contributed by atoms with van der Waals surface area (Å²) >= 11 is 0. The minimum absolute atomic E-state index is 0.174. The SMILES string of the molecule is N=[N+]=CC(=O)OC1CCc2ccccc21. The Bertz CT molecular complexity index is 436. The molecule has 1 N–H and O–H groups in total. The fourth-order valence-electron chi connectivity index (χ4n) is 1.86. The van der Waals surface area contributed by atoms with E-state index >= 15 is 0 Å². The Balaban J connectivity index is 2.14. The molecule has 1 aromatic rings. The predicted molar refractivity (Wildman–Crippen MR) is 52.6 cm³/mol. The molecule has 4 heteroatoms. The zero-order chi connectivity index (χ0) is 10.7. The molecule has 76 valence electrons. The van der Waals surface area contributed by atoms with E-state index in [0.29, 0.717) is 0 Å². The summed E-state index contributed by atoms with van der Waals surface area (Å²) in [5.41, 5.74) is 8.83. The van der Waals surface area contributed by atoms with Crippen molar-refractivity contribution in [2.24, 2.45) is 0 Å². The summed E-state index contributed by atoms with van der Waals surface area (Å²) in [7, 11) is 0. The van der Waals surface area contributed by atoms with Crippen LogP contribution in [0.15, 0.2) is 24.3 Å². The lowest BCUT2D eigenvalue weighted by Gasteiger charge is -2.09. The van der Waals surface area contributed by atoms with Crippen molar-refractivity contribution in [3.8, 4) is 0 Å². The Hall–Kier alpha value is -1.93. The zero-order valence-corrected chi connectivity index (χ0v) is 8.14. The normalized spacial score (nSPS) is 17.7. The number of nitrogens with one attached hydrogen (secondary N) is 1. The molecule has 0 saturated heterocycles.